The first-order valence-corrected chi connectivity index (χ1v) is 8.34. The maximum atomic E-state index is 6.22. The molecule has 22 heavy (non-hydrogen) atoms. The lowest BCUT2D eigenvalue weighted by Gasteiger charge is -2.22. The van der Waals surface area contributed by atoms with Crippen LogP contribution >= 0.6 is 23.4 Å². The molecule has 0 bridgehead atoms. The summed E-state index contributed by atoms with van der Waals surface area (Å²) in [6, 6.07) is 5.79. The second kappa shape index (κ2) is 5.95. The average molecular weight is 336 g/mol. The van der Waals surface area contributed by atoms with Gasteiger partial charge in [0.1, 0.15) is 0 Å². The van der Waals surface area contributed by atoms with Crippen molar-refractivity contribution in [3.8, 4) is 0 Å². The minimum atomic E-state index is -0.166. The van der Waals surface area contributed by atoms with Crippen LogP contribution in [0.1, 0.15) is 36.8 Å². The van der Waals surface area contributed by atoms with Crippen molar-refractivity contribution in [2.24, 2.45) is 11.7 Å². The predicted octanol–water partition coefficient (Wildman–Crippen LogP) is 3.54. The van der Waals surface area contributed by atoms with Crippen molar-refractivity contribution in [1.82, 2.24) is 14.9 Å². The van der Waals surface area contributed by atoms with Gasteiger partial charge in [0.2, 0.25) is 5.16 Å². The summed E-state index contributed by atoms with van der Waals surface area (Å²) in [6.45, 7) is 6.13. The van der Waals surface area contributed by atoms with Crippen molar-refractivity contribution in [2.45, 2.75) is 32.0 Å². The highest BCUT2D eigenvalue weighted by molar-refractivity contribution is 8.02. The van der Waals surface area contributed by atoms with Gasteiger partial charge in [-0.15, -0.1) is 10.2 Å². The molecule has 3 N–H and O–H groups in total. The van der Waals surface area contributed by atoms with E-state index in [-0.39, 0.29) is 12.0 Å². The summed E-state index contributed by atoms with van der Waals surface area (Å²) >= 11 is 7.63. The molecule has 0 radical (unpaired) electrons. The standard InChI is InChI=1S/C15H18ClN5S/c1-8(2)13(17)14-18-19-15-21(14)20-12(7-22-15)10-4-5-11(16)9(3)6-10/h4-8,13,20H,17H2,1-3H3/t13-/m0/s1. The maximum Gasteiger partial charge on any atom is 0.214 e. The molecule has 0 saturated heterocycles. The Hall–Kier alpha value is -1.50. The first-order valence-electron chi connectivity index (χ1n) is 7.08. The van der Waals surface area contributed by atoms with E-state index < -0.39 is 0 Å². The average Bonchev–Trinajstić information content (AvgIpc) is 2.92. The number of nitrogens with zero attached hydrogens (tertiary/aromatic N) is 3. The van der Waals surface area contributed by atoms with Crippen molar-refractivity contribution in [1.29, 1.82) is 0 Å². The van der Waals surface area contributed by atoms with Crippen LogP contribution in [0.4, 0.5) is 0 Å². The Morgan fingerprint density at radius 3 is 2.77 bits per heavy atom. The lowest BCUT2D eigenvalue weighted by molar-refractivity contribution is 0.476. The third-order valence-electron chi connectivity index (χ3n) is 3.66. The number of aromatic nitrogens is 3. The number of benzene rings is 1. The van der Waals surface area contributed by atoms with Gasteiger partial charge < -0.3 is 5.73 Å². The molecule has 116 valence electrons. The van der Waals surface area contributed by atoms with E-state index in [0.29, 0.717) is 0 Å². The fourth-order valence-electron chi connectivity index (χ4n) is 2.18. The quantitative estimate of drug-likeness (QED) is 0.897. The minimum Gasteiger partial charge on any atom is -0.321 e. The molecule has 0 spiro atoms. The van der Waals surface area contributed by atoms with E-state index in [1.54, 1.807) is 0 Å². The van der Waals surface area contributed by atoms with Crippen LogP contribution in [0.25, 0.3) is 5.70 Å². The lowest BCUT2D eigenvalue weighted by atomic mass is 10.1. The fourth-order valence-corrected chi connectivity index (χ4v) is 3.04. The van der Waals surface area contributed by atoms with Crippen LogP contribution in [-0.2, 0) is 0 Å². The number of fused-ring (bicyclic) bond motifs is 1. The van der Waals surface area contributed by atoms with Crippen LogP contribution in [0.2, 0.25) is 5.02 Å². The molecular weight excluding hydrogens is 318 g/mol. The second-order valence-corrected chi connectivity index (χ2v) is 6.91. The molecule has 2 heterocycles. The molecule has 7 heteroatoms. The summed E-state index contributed by atoms with van der Waals surface area (Å²) in [5.41, 5.74) is 12.7. The molecule has 1 aromatic heterocycles. The Bertz CT molecular complexity index is 738. The third kappa shape index (κ3) is 2.74. The second-order valence-electron chi connectivity index (χ2n) is 5.67. The SMILES string of the molecule is Cc1cc(C2=CSc3nnc([C@@H](N)C(C)C)n3N2)ccc1Cl. The molecular formula is C15H18ClN5S. The Morgan fingerprint density at radius 2 is 2.09 bits per heavy atom. The van der Waals surface area contributed by atoms with Gasteiger partial charge in [-0.2, -0.15) is 0 Å². The van der Waals surface area contributed by atoms with E-state index in [2.05, 4.69) is 35.5 Å². The van der Waals surface area contributed by atoms with Crippen LogP contribution in [-0.4, -0.2) is 14.9 Å². The molecule has 1 aromatic carbocycles. The molecule has 2 aromatic rings. The number of aryl methyl sites for hydroxylation is 1. The van der Waals surface area contributed by atoms with Gasteiger partial charge in [0, 0.05) is 16.0 Å². The number of rotatable bonds is 3. The maximum absolute atomic E-state index is 6.22. The first kappa shape index (κ1) is 15.4. The summed E-state index contributed by atoms with van der Waals surface area (Å²) in [5.74, 6) is 1.03. The van der Waals surface area contributed by atoms with Crippen molar-refractivity contribution in [3.63, 3.8) is 0 Å². The van der Waals surface area contributed by atoms with Crippen molar-refractivity contribution < 1.29 is 0 Å². The molecule has 0 unspecified atom stereocenters. The van der Waals surface area contributed by atoms with Gasteiger partial charge in [-0.25, -0.2) is 4.68 Å². The Labute approximate surface area is 138 Å². The minimum absolute atomic E-state index is 0.166. The van der Waals surface area contributed by atoms with Gasteiger partial charge in [-0.3, -0.25) is 5.43 Å². The smallest absolute Gasteiger partial charge is 0.214 e. The predicted molar refractivity (Wildman–Crippen MR) is 91.2 cm³/mol. The Balaban J connectivity index is 1.92. The highest BCUT2D eigenvalue weighted by Gasteiger charge is 2.24. The van der Waals surface area contributed by atoms with Gasteiger partial charge in [0.25, 0.3) is 0 Å². The third-order valence-corrected chi connectivity index (χ3v) is 4.91. The molecule has 5 nitrogen and oxygen atoms in total. The summed E-state index contributed by atoms with van der Waals surface area (Å²) in [5, 5.41) is 12.0. The van der Waals surface area contributed by atoms with E-state index in [1.165, 1.54) is 11.8 Å². The summed E-state index contributed by atoms with van der Waals surface area (Å²) < 4.78 is 1.87. The van der Waals surface area contributed by atoms with Crippen molar-refractivity contribution >= 4 is 29.1 Å². The van der Waals surface area contributed by atoms with Crippen LogP contribution in [0.3, 0.4) is 0 Å². The largest absolute Gasteiger partial charge is 0.321 e. The number of nitrogens with two attached hydrogens (primary N) is 1. The Morgan fingerprint density at radius 1 is 1.32 bits per heavy atom. The Kier molecular flexibility index (Phi) is 4.16. The van der Waals surface area contributed by atoms with E-state index in [9.17, 15) is 0 Å². The zero-order chi connectivity index (χ0) is 15.9. The number of hydrogen-bond donors (Lipinski definition) is 2. The van der Waals surface area contributed by atoms with E-state index in [4.69, 9.17) is 17.3 Å². The van der Waals surface area contributed by atoms with E-state index >= 15 is 0 Å². The summed E-state index contributed by atoms with van der Waals surface area (Å²) in [4.78, 5) is 0. The monoisotopic (exact) mass is 335 g/mol. The summed E-state index contributed by atoms with van der Waals surface area (Å²) in [6.07, 6.45) is 0. The van der Waals surface area contributed by atoms with Crippen LogP contribution in [0.5, 0.6) is 0 Å². The molecule has 3 rings (SSSR count). The van der Waals surface area contributed by atoms with Gasteiger partial charge in [-0.1, -0.05) is 43.3 Å². The molecule has 0 amide bonds. The topological polar surface area (TPSA) is 68.8 Å². The first-order chi connectivity index (χ1) is 10.5. The number of nitrogens with one attached hydrogen (secondary N) is 1. The highest BCUT2D eigenvalue weighted by atomic mass is 35.5. The van der Waals surface area contributed by atoms with Crippen LogP contribution < -0.4 is 11.2 Å². The molecule has 1 aliphatic rings. The van der Waals surface area contributed by atoms with E-state index in [1.807, 2.05) is 29.1 Å². The van der Waals surface area contributed by atoms with Crippen LogP contribution in [0, 0.1) is 12.8 Å². The lowest BCUT2D eigenvalue weighted by Crippen LogP contribution is -2.27. The van der Waals surface area contributed by atoms with E-state index in [0.717, 1.165) is 32.8 Å². The number of halogens is 1. The van der Waals surface area contributed by atoms with Gasteiger partial charge in [0.15, 0.2) is 5.82 Å². The van der Waals surface area contributed by atoms with Crippen molar-refractivity contribution in [2.75, 3.05) is 5.43 Å². The zero-order valence-electron chi connectivity index (χ0n) is 12.7. The normalized spacial score (nSPS) is 15.3. The summed E-state index contributed by atoms with van der Waals surface area (Å²) in [7, 11) is 0. The van der Waals surface area contributed by atoms with Gasteiger partial charge in [-0.05, 0) is 30.5 Å². The molecule has 1 atom stereocenters. The number of thioether (sulfide) groups is 1. The molecule has 0 fully saturated rings. The molecule has 0 saturated carbocycles. The zero-order valence-corrected chi connectivity index (χ0v) is 14.2. The number of hydrogen-bond acceptors (Lipinski definition) is 5. The fraction of sp³-hybridized carbons (Fsp3) is 0.333. The highest BCUT2D eigenvalue weighted by Crippen LogP contribution is 2.31. The van der Waals surface area contributed by atoms with Crippen molar-refractivity contribution in [3.05, 3.63) is 45.6 Å². The molecule has 0 aliphatic carbocycles. The van der Waals surface area contributed by atoms with Gasteiger partial charge >= 0.3 is 0 Å². The van der Waals surface area contributed by atoms with Crippen LogP contribution in [0.15, 0.2) is 28.8 Å². The van der Waals surface area contributed by atoms with Gasteiger partial charge in [0.05, 0.1) is 11.7 Å². The molecule has 1 aliphatic heterocycles.